The van der Waals surface area contributed by atoms with E-state index in [1.165, 1.54) is 49.8 Å². The van der Waals surface area contributed by atoms with E-state index in [0.717, 1.165) is 4.31 Å². The number of benzene rings is 1. The zero-order chi connectivity index (χ0) is 20.0. The third-order valence-electron chi connectivity index (χ3n) is 3.42. The lowest BCUT2D eigenvalue weighted by atomic mass is 10.2. The summed E-state index contributed by atoms with van der Waals surface area (Å²) < 4.78 is 55.5. The first-order valence-corrected chi connectivity index (χ1v) is 9.80. The van der Waals surface area contributed by atoms with Crippen molar-refractivity contribution in [2.75, 3.05) is 13.6 Å². The summed E-state index contributed by atoms with van der Waals surface area (Å²) in [6.07, 6.45) is 2.61. The average molecular weight is 464 g/mol. The molecule has 0 bridgehead atoms. The van der Waals surface area contributed by atoms with Crippen LogP contribution in [0, 0.1) is 0 Å². The number of alkyl halides is 2. The third kappa shape index (κ3) is 5.94. The first-order chi connectivity index (χ1) is 12.7. The molecule has 1 N–H and O–H groups in total. The Balaban J connectivity index is 2.01. The van der Waals surface area contributed by atoms with Crippen molar-refractivity contribution >= 4 is 31.9 Å². The Hall–Kier alpha value is -2.11. The number of sulfonamides is 1. The van der Waals surface area contributed by atoms with Gasteiger partial charge in [0.25, 0.3) is 0 Å². The Bertz CT molecular complexity index is 898. The van der Waals surface area contributed by atoms with Crippen LogP contribution in [0.5, 0.6) is 5.75 Å². The number of likely N-dealkylation sites (N-methyl/N-ethyl adjacent to an activating group) is 1. The quantitative estimate of drug-likeness (QED) is 0.649. The normalized spacial score (nSPS) is 11.6. The van der Waals surface area contributed by atoms with Gasteiger partial charge in [0.2, 0.25) is 15.9 Å². The van der Waals surface area contributed by atoms with Crippen LogP contribution in [0.1, 0.15) is 5.56 Å². The number of rotatable bonds is 8. The van der Waals surface area contributed by atoms with Crippen LogP contribution in [0.15, 0.2) is 52.1 Å². The molecule has 2 rings (SSSR count). The second kappa shape index (κ2) is 9.20. The Labute approximate surface area is 163 Å². The van der Waals surface area contributed by atoms with Gasteiger partial charge in [-0.25, -0.2) is 8.42 Å². The van der Waals surface area contributed by atoms with Crippen LogP contribution in [0.2, 0.25) is 0 Å². The van der Waals surface area contributed by atoms with Crippen LogP contribution in [-0.4, -0.2) is 43.8 Å². The van der Waals surface area contributed by atoms with Gasteiger partial charge in [-0.2, -0.15) is 13.1 Å². The Morgan fingerprint density at radius 2 is 2.11 bits per heavy atom. The third-order valence-corrected chi connectivity index (χ3v) is 5.70. The molecular formula is C16H16BrF2N3O4S. The number of carbonyl (C=O) groups is 1. The minimum atomic E-state index is -3.87. The standard InChI is InChI=1S/C16H16BrF2N3O4S/c1-22(27(24,25)13-3-2-6-20-9-13)10-15(23)21-8-11-7-12(17)4-5-14(11)26-16(18)19/h2-7,9,16H,8,10H2,1H3,(H,21,23). The van der Waals surface area contributed by atoms with Crippen molar-refractivity contribution < 1.29 is 26.7 Å². The lowest BCUT2D eigenvalue weighted by Crippen LogP contribution is -2.38. The van der Waals surface area contributed by atoms with Gasteiger partial charge >= 0.3 is 6.61 Å². The molecule has 1 amide bonds. The van der Waals surface area contributed by atoms with Crippen LogP contribution in [0.25, 0.3) is 0 Å². The average Bonchev–Trinajstić information content (AvgIpc) is 2.62. The van der Waals surface area contributed by atoms with Crippen LogP contribution in [-0.2, 0) is 21.4 Å². The zero-order valence-electron chi connectivity index (χ0n) is 14.1. The van der Waals surface area contributed by atoms with Gasteiger partial charge in [0.05, 0.1) is 6.54 Å². The van der Waals surface area contributed by atoms with Gasteiger partial charge in [0, 0.05) is 36.0 Å². The first kappa shape index (κ1) is 21.2. The van der Waals surface area contributed by atoms with Gasteiger partial charge < -0.3 is 10.1 Å². The molecule has 1 aromatic carbocycles. The molecule has 0 unspecified atom stereocenters. The summed E-state index contributed by atoms with van der Waals surface area (Å²) in [7, 11) is -2.61. The van der Waals surface area contributed by atoms with E-state index >= 15 is 0 Å². The van der Waals surface area contributed by atoms with Crippen LogP contribution in [0.4, 0.5) is 8.78 Å². The fourth-order valence-electron chi connectivity index (χ4n) is 2.11. The monoisotopic (exact) mass is 463 g/mol. The smallest absolute Gasteiger partial charge is 0.387 e. The molecule has 1 heterocycles. The summed E-state index contributed by atoms with van der Waals surface area (Å²) in [6, 6.07) is 7.23. The molecule has 2 aromatic rings. The molecule has 0 aliphatic rings. The molecule has 0 radical (unpaired) electrons. The summed E-state index contributed by atoms with van der Waals surface area (Å²) in [4.78, 5) is 15.8. The van der Waals surface area contributed by atoms with Crippen molar-refractivity contribution in [3.8, 4) is 5.75 Å². The highest BCUT2D eigenvalue weighted by Gasteiger charge is 2.23. The fourth-order valence-corrected chi connectivity index (χ4v) is 3.61. The van der Waals surface area contributed by atoms with Crippen molar-refractivity contribution in [2.45, 2.75) is 18.1 Å². The van der Waals surface area contributed by atoms with Crippen molar-refractivity contribution in [2.24, 2.45) is 0 Å². The van der Waals surface area contributed by atoms with Crippen molar-refractivity contribution in [3.63, 3.8) is 0 Å². The number of pyridine rings is 1. The number of nitrogens with one attached hydrogen (secondary N) is 1. The Morgan fingerprint density at radius 3 is 2.74 bits per heavy atom. The molecule has 7 nitrogen and oxygen atoms in total. The van der Waals surface area contributed by atoms with E-state index in [1.807, 2.05) is 0 Å². The van der Waals surface area contributed by atoms with Gasteiger partial charge in [-0.15, -0.1) is 0 Å². The van der Waals surface area contributed by atoms with E-state index in [2.05, 4.69) is 31.0 Å². The van der Waals surface area contributed by atoms with E-state index in [9.17, 15) is 22.0 Å². The molecule has 1 aromatic heterocycles. The van der Waals surface area contributed by atoms with Crippen LogP contribution in [0.3, 0.4) is 0 Å². The highest BCUT2D eigenvalue weighted by molar-refractivity contribution is 9.10. The summed E-state index contributed by atoms with van der Waals surface area (Å²) >= 11 is 3.21. The van der Waals surface area contributed by atoms with E-state index in [0.29, 0.717) is 10.0 Å². The first-order valence-electron chi connectivity index (χ1n) is 7.56. The molecule has 0 saturated carbocycles. The van der Waals surface area contributed by atoms with Gasteiger partial charge in [-0.1, -0.05) is 15.9 Å². The number of hydrogen-bond donors (Lipinski definition) is 1. The maximum Gasteiger partial charge on any atom is 0.387 e. The number of halogens is 3. The largest absolute Gasteiger partial charge is 0.434 e. The lowest BCUT2D eigenvalue weighted by Gasteiger charge is -2.17. The molecular weight excluding hydrogens is 448 g/mol. The minimum Gasteiger partial charge on any atom is -0.434 e. The maximum absolute atomic E-state index is 12.5. The molecule has 27 heavy (non-hydrogen) atoms. The van der Waals surface area contributed by atoms with E-state index in [-0.39, 0.29) is 17.2 Å². The zero-order valence-corrected chi connectivity index (χ0v) is 16.5. The Morgan fingerprint density at radius 1 is 1.37 bits per heavy atom. The van der Waals surface area contributed by atoms with Crippen LogP contribution < -0.4 is 10.1 Å². The summed E-state index contributed by atoms with van der Waals surface area (Å²) in [5.74, 6) is -0.683. The van der Waals surface area contributed by atoms with E-state index < -0.39 is 29.1 Å². The molecule has 0 aliphatic carbocycles. The summed E-state index contributed by atoms with van der Waals surface area (Å²) in [6.45, 7) is -3.56. The fraction of sp³-hybridized carbons (Fsp3) is 0.250. The number of ether oxygens (including phenoxy) is 1. The second-order valence-electron chi connectivity index (χ2n) is 5.36. The lowest BCUT2D eigenvalue weighted by molar-refractivity contribution is -0.121. The number of carbonyl (C=O) groups excluding carboxylic acids is 1. The maximum atomic E-state index is 12.5. The topological polar surface area (TPSA) is 88.6 Å². The summed E-state index contributed by atoms with van der Waals surface area (Å²) in [5.41, 5.74) is 0.316. The number of amides is 1. The van der Waals surface area contributed by atoms with Crippen molar-refractivity contribution in [1.82, 2.24) is 14.6 Å². The minimum absolute atomic E-state index is 0.0418. The van der Waals surface area contributed by atoms with Crippen molar-refractivity contribution in [3.05, 3.63) is 52.8 Å². The molecule has 146 valence electrons. The van der Waals surface area contributed by atoms with Gasteiger partial charge in [-0.05, 0) is 30.3 Å². The van der Waals surface area contributed by atoms with Gasteiger partial charge in [-0.3, -0.25) is 9.78 Å². The predicted molar refractivity (Wildman–Crippen MR) is 96.7 cm³/mol. The predicted octanol–water partition coefficient (Wildman–Crippen LogP) is 2.38. The highest BCUT2D eigenvalue weighted by Crippen LogP contribution is 2.24. The SMILES string of the molecule is CN(CC(=O)NCc1cc(Br)ccc1OC(F)F)S(=O)(=O)c1cccnc1. The highest BCUT2D eigenvalue weighted by atomic mass is 79.9. The Kier molecular flexibility index (Phi) is 7.22. The summed E-state index contributed by atoms with van der Waals surface area (Å²) in [5, 5.41) is 2.49. The van der Waals surface area contributed by atoms with Gasteiger partial charge in [0.15, 0.2) is 0 Å². The van der Waals surface area contributed by atoms with Gasteiger partial charge in [0.1, 0.15) is 10.6 Å². The molecule has 0 atom stereocenters. The number of nitrogens with zero attached hydrogens (tertiary/aromatic N) is 2. The number of hydrogen-bond acceptors (Lipinski definition) is 5. The van der Waals surface area contributed by atoms with E-state index in [1.54, 1.807) is 0 Å². The van der Waals surface area contributed by atoms with Crippen molar-refractivity contribution in [1.29, 1.82) is 0 Å². The number of aromatic nitrogens is 1. The second-order valence-corrected chi connectivity index (χ2v) is 8.32. The molecule has 0 spiro atoms. The van der Waals surface area contributed by atoms with Crippen LogP contribution >= 0.6 is 15.9 Å². The van der Waals surface area contributed by atoms with E-state index in [4.69, 9.17) is 0 Å². The molecule has 0 saturated heterocycles. The molecule has 0 aliphatic heterocycles. The molecule has 0 fully saturated rings. The molecule has 11 heteroatoms.